The molecule has 0 bridgehead atoms. The third kappa shape index (κ3) is 9.47. The zero-order valence-corrected chi connectivity index (χ0v) is 9.49. The molecule has 0 saturated carbocycles. The first kappa shape index (κ1) is 13.4. The lowest BCUT2D eigenvalue weighted by Crippen LogP contribution is -2.29. The summed E-state index contributed by atoms with van der Waals surface area (Å²) in [6.45, 7) is 3.40. The molecule has 0 fully saturated rings. The van der Waals surface area contributed by atoms with Crippen LogP contribution in [0.1, 0.15) is 13.3 Å². The lowest BCUT2D eigenvalue weighted by Gasteiger charge is -2.03. The van der Waals surface area contributed by atoms with E-state index >= 15 is 0 Å². The summed E-state index contributed by atoms with van der Waals surface area (Å²) in [7, 11) is -2.90. The van der Waals surface area contributed by atoms with Crippen molar-refractivity contribution in [3.8, 4) is 0 Å². The summed E-state index contributed by atoms with van der Waals surface area (Å²) >= 11 is 0. The lowest BCUT2D eigenvalue weighted by atomic mass is 10.4. The summed E-state index contributed by atoms with van der Waals surface area (Å²) in [4.78, 5) is 10.9. The van der Waals surface area contributed by atoms with Crippen LogP contribution in [0.3, 0.4) is 0 Å². The lowest BCUT2D eigenvalue weighted by molar-refractivity contribution is -0.120. The van der Waals surface area contributed by atoms with Crippen molar-refractivity contribution in [1.29, 1.82) is 0 Å². The van der Waals surface area contributed by atoms with Crippen molar-refractivity contribution in [2.24, 2.45) is 0 Å². The molecule has 0 heterocycles. The second-order valence-electron chi connectivity index (χ2n) is 3.08. The average molecular weight is 222 g/mol. The normalized spacial score (nSPS) is 11.3. The van der Waals surface area contributed by atoms with Gasteiger partial charge < -0.3 is 10.6 Å². The van der Waals surface area contributed by atoms with Crippen molar-refractivity contribution in [3.63, 3.8) is 0 Å². The summed E-state index contributed by atoms with van der Waals surface area (Å²) in [5.74, 6) is 0.0990. The van der Waals surface area contributed by atoms with E-state index in [4.69, 9.17) is 0 Å². The van der Waals surface area contributed by atoms with E-state index in [1.54, 1.807) is 0 Å². The minimum absolute atomic E-state index is 0.0145. The Morgan fingerprint density at radius 3 is 2.43 bits per heavy atom. The maximum absolute atomic E-state index is 10.9. The maximum Gasteiger partial charge on any atom is 0.221 e. The molecule has 0 atom stereocenters. The largest absolute Gasteiger partial charge is 0.356 e. The van der Waals surface area contributed by atoms with Crippen molar-refractivity contribution in [1.82, 2.24) is 10.6 Å². The molecular weight excluding hydrogens is 204 g/mol. The molecule has 2 N–H and O–H groups in total. The Bertz CT molecular complexity index is 262. The number of hydrogen-bond donors (Lipinski definition) is 2. The third-order valence-electron chi connectivity index (χ3n) is 1.55. The van der Waals surface area contributed by atoms with E-state index in [9.17, 15) is 13.2 Å². The molecule has 1 amide bonds. The highest BCUT2D eigenvalue weighted by Gasteiger charge is 2.01. The highest BCUT2D eigenvalue weighted by atomic mass is 32.2. The van der Waals surface area contributed by atoms with E-state index in [0.717, 1.165) is 0 Å². The van der Waals surface area contributed by atoms with Crippen LogP contribution < -0.4 is 10.6 Å². The number of nitrogens with one attached hydrogen (secondary N) is 2. The number of carbonyl (C=O) groups excluding carboxylic acids is 1. The highest BCUT2D eigenvalue weighted by molar-refractivity contribution is 7.90. The highest BCUT2D eigenvalue weighted by Crippen LogP contribution is 1.81. The molecule has 0 spiro atoms. The third-order valence-corrected chi connectivity index (χ3v) is 2.50. The monoisotopic (exact) mass is 222 g/mol. The summed E-state index contributed by atoms with van der Waals surface area (Å²) in [5.41, 5.74) is 0. The van der Waals surface area contributed by atoms with Gasteiger partial charge in [-0.3, -0.25) is 4.79 Å². The SMILES string of the molecule is CCNC(=O)CCNCCS(C)(=O)=O. The van der Waals surface area contributed by atoms with Gasteiger partial charge in [-0.05, 0) is 6.92 Å². The van der Waals surface area contributed by atoms with Gasteiger partial charge in [0.15, 0.2) is 0 Å². The maximum atomic E-state index is 10.9. The number of sulfone groups is 1. The fourth-order valence-electron chi connectivity index (χ4n) is 0.870. The second kappa shape index (κ2) is 6.78. The Balaban J connectivity index is 3.34. The quantitative estimate of drug-likeness (QED) is 0.550. The zero-order chi connectivity index (χ0) is 11.0. The predicted octanol–water partition coefficient (Wildman–Crippen LogP) is -0.853. The Morgan fingerprint density at radius 2 is 1.93 bits per heavy atom. The van der Waals surface area contributed by atoms with Crippen LogP contribution in [0.25, 0.3) is 0 Å². The molecule has 5 nitrogen and oxygen atoms in total. The first-order chi connectivity index (χ1) is 6.45. The summed E-state index contributed by atoms with van der Waals surface area (Å²) < 4.78 is 21.4. The smallest absolute Gasteiger partial charge is 0.221 e. The van der Waals surface area contributed by atoms with E-state index in [1.165, 1.54) is 6.26 Å². The van der Waals surface area contributed by atoms with Crippen LogP contribution in [-0.4, -0.2) is 46.0 Å². The standard InChI is InChI=1S/C8H18N2O3S/c1-3-10-8(11)4-5-9-6-7-14(2,12)13/h9H,3-7H2,1-2H3,(H,10,11). The Labute approximate surface area is 85.2 Å². The van der Waals surface area contributed by atoms with Crippen molar-refractivity contribution in [2.75, 3.05) is 31.6 Å². The topological polar surface area (TPSA) is 75.3 Å². The molecule has 0 aliphatic heterocycles. The van der Waals surface area contributed by atoms with Crippen molar-refractivity contribution < 1.29 is 13.2 Å². The van der Waals surface area contributed by atoms with Crippen LogP contribution in [0, 0.1) is 0 Å². The van der Waals surface area contributed by atoms with Gasteiger partial charge >= 0.3 is 0 Å². The van der Waals surface area contributed by atoms with Crippen molar-refractivity contribution in [3.05, 3.63) is 0 Å². The van der Waals surface area contributed by atoms with E-state index in [1.807, 2.05) is 6.92 Å². The number of carbonyl (C=O) groups is 1. The van der Waals surface area contributed by atoms with Crippen LogP contribution in [-0.2, 0) is 14.6 Å². The molecule has 0 aromatic heterocycles. The number of amides is 1. The first-order valence-electron chi connectivity index (χ1n) is 4.61. The fraction of sp³-hybridized carbons (Fsp3) is 0.875. The van der Waals surface area contributed by atoms with Gasteiger partial charge in [-0.1, -0.05) is 0 Å². The molecular formula is C8H18N2O3S. The number of rotatable bonds is 7. The Kier molecular flexibility index (Phi) is 6.48. The Hall–Kier alpha value is -0.620. The van der Waals surface area contributed by atoms with Crippen LogP contribution in [0.2, 0.25) is 0 Å². The van der Waals surface area contributed by atoms with E-state index in [2.05, 4.69) is 10.6 Å². The molecule has 14 heavy (non-hydrogen) atoms. The van der Waals surface area contributed by atoms with Gasteiger partial charge in [0.25, 0.3) is 0 Å². The van der Waals surface area contributed by atoms with Gasteiger partial charge in [-0.15, -0.1) is 0 Å². The molecule has 0 unspecified atom stereocenters. The summed E-state index contributed by atoms with van der Waals surface area (Å²) in [6, 6.07) is 0. The molecule has 0 radical (unpaired) electrons. The van der Waals surface area contributed by atoms with Crippen LogP contribution in [0.15, 0.2) is 0 Å². The summed E-state index contributed by atoms with van der Waals surface area (Å²) in [6.07, 6.45) is 1.58. The van der Waals surface area contributed by atoms with Crippen molar-refractivity contribution in [2.45, 2.75) is 13.3 Å². The summed E-state index contributed by atoms with van der Waals surface area (Å²) in [5, 5.41) is 5.55. The predicted molar refractivity (Wildman–Crippen MR) is 55.9 cm³/mol. The van der Waals surface area contributed by atoms with E-state index in [-0.39, 0.29) is 11.7 Å². The molecule has 0 rings (SSSR count). The van der Waals surface area contributed by atoms with Crippen LogP contribution in [0.5, 0.6) is 0 Å². The first-order valence-corrected chi connectivity index (χ1v) is 6.67. The molecule has 0 saturated heterocycles. The van der Waals surface area contributed by atoms with Gasteiger partial charge in [0.2, 0.25) is 5.91 Å². The molecule has 0 aromatic carbocycles. The van der Waals surface area contributed by atoms with Crippen molar-refractivity contribution >= 4 is 15.7 Å². The van der Waals surface area contributed by atoms with Crippen LogP contribution in [0.4, 0.5) is 0 Å². The average Bonchev–Trinajstić information content (AvgIpc) is 2.02. The Morgan fingerprint density at radius 1 is 1.29 bits per heavy atom. The molecule has 0 aromatic rings. The van der Waals surface area contributed by atoms with Gasteiger partial charge in [0, 0.05) is 32.3 Å². The van der Waals surface area contributed by atoms with Crippen LogP contribution >= 0.6 is 0 Å². The van der Waals surface area contributed by atoms with Gasteiger partial charge in [-0.2, -0.15) is 0 Å². The second-order valence-corrected chi connectivity index (χ2v) is 5.34. The van der Waals surface area contributed by atoms with Gasteiger partial charge in [-0.25, -0.2) is 8.42 Å². The van der Waals surface area contributed by atoms with E-state index in [0.29, 0.717) is 26.1 Å². The van der Waals surface area contributed by atoms with Gasteiger partial charge in [0.1, 0.15) is 9.84 Å². The fourth-order valence-corrected chi connectivity index (χ4v) is 1.39. The molecule has 84 valence electrons. The minimum Gasteiger partial charge on any atom is -0.356 e. The number of hydrogen-bond acceptors (Lipinski definition) is 4. The molecule has 6 heteroatoms. The minimum atomic E-state index is -2.90. The van der Waals surface area contributed by atoms with E-state index < -0.39 is 9.84 Å². The molecule has 0 aliphatic carbocycles. The van der Waals surface area contributed by atoms with Gasteiger partial charge in [0.05, 0.1) is 5.75 Å². The molecule has 0 aliphatic rings. The zero-order valence-electron chi connectivity index (χ0n) is 8.67.